The number of carbonyl (C=O) groups excluding carboxylic acids is 1. The second-order valence-electron chi connectivity index (χ2n) is 4.11. The minimum atomic E-state index is -0.963. The highest BCUT2D eigenvalue weighted by atomic mass is 16.5. The maximum atomic E-state index is 11.3. The van der Waals surface area contributed by atoms with Gasteiger partial charge in [-0.25, -0.2) is 4.79 Å². The highest BCUT2D eigenvalue weighted by Crippen LogP contribution is 2.21. The van der Waals surface area contributed by atoms with E-state index >= 15 is 0 Å². The number of hydrogen-bond donors (Lipinski definition) is 1. The number of aliphatic carboxylic acids is 1. The fraction of sp³-hybridized carbons (Fsp3) is 0.333. The second-order valence-corrected chi connectivity index (χ2v) is 4.11. The first kappa shape index (κ1) is 15.0. The summed E-state index contributed by atoms with van der Waals surface area (Å²) in [7, 11) is 0. The van der Waals surface area contributed by atoms with Gasteiger partial charge in [0.25, 0.3) is 0 Å². The molecule has 1 N–H and O–H groups in total. The molecule has 1 aromatic carbocycles. The molecule has 0 aliphatic rings. The van der Waals surface area contributed by atoms with Crippen LogP contribution < -0.4 is 4.74 Å². The molecule has 102 valence electrons. The van der Waals surface area contributed by atoms with Gasteiger partial charge in [-0.05, 0) is 36.1 Å². The van der Waals surface area contributed by atoms with E-state index < -0.39 is 5.97 Å². The maximum absolute atomic E-state index is 11.3. The number of carboxylic acids is 1. The SMILES string of the molecule is CCCC(=O)Oc1ccc(C(=CC(=O)O)CC)cc1. The van der Waals surface area contributed by atoms with Crippen molar-refractivity contribution in [2.45, 2.75) is 33.1 Å². The molecule has 0 saturated carbocycles. The van der Waals surface area contributed by atoms with Gasteiger partial charge in [0, 0.05) is 12.5 Å². The second kappa shape index (κ2) is 7.36. The van der Waals surface area contributed by atoms with E-state index in [1.54, 1.807) is 24.3 Å². The van der Waals surface area contributed by atoms with E-state index in [9.17, 15) is 9.59 Å². The van der Waals surface area contributed by atoms with E-state index in [1.165, 1.54) is 6.08 Å². The average Bonchev–Trinajstić information content (AvgIpc) is 2.37. The Labute approximate surface area is 112 Å². The molecule has 0 aliphatic heterocycles. The normalized spacial score (nSPS) is 11.2. The monoisotopic (exact) mass is 262 g/mol. The Kier molecular flexibility index (Phi) is 5.79. The summed E-state index contributed by atoms with van der Waals surface area (Å²) in [5.41, 5.74) is 1.55. The lowest BCUT2D eigenvalue weighted by Crippen LogP contribution is -2.06. The van der Waals surface area contributed by atoms with Crippen molar-refractivity contribution in [2.75, 3.05) is 0 Å². The number of benzene rings is 1. The van der Waals surface area contributed by atoms with Crippen LogP contribution in [0.25, 0.3) is 5.57 Å². The largest absolute Gasteiger partial charge is 0.478 e. The molecule has 0 spiro atoms. The summed E-state index contributed by atoms with van der Waals surface area (Å²) in [5.74, 6) is -0.740. The third-order valence-electron chi connectivity index (χ3n) is 2.59. The van der Waals surface area contributed by atoms with Crippen molar-refractivity contribution < 1.29 is 19.4 Å². The van der Waals surface area contributed by atoms with Gasteiger partial charge in [0.2, 0.25) is 0 Å². The molecular formula is C15H18O4. The Hall–Kier alpha value is -2.10. The van der Waals surface area contributed by atoms with E-state index in [2.05, 4.69) is 0 Å². The van der Waals surface area contributed by atoms with Crippen molar-refractivity contribution in [3.8, 4) is 5.75 Å². The predicted molar refractivity (Wildman–Crippen MR) is 72.9 cm³/mol. The molecule has 0 heterocycles. The van der Waals surface area contributed by atoms with Crippen molar-refractivity contribution in [1.29, 1.82) is 0 Å². The Bertz CT molecular complexity index is 471. The smallest absolute Gasteiger partial charge is 0.328 e. The van der Waals surface area contributed by atoms with E-state index in [1.807, 2.05) is 13.8 Å². The number of rotatable bonds is 6. The van der Waals surface area contributed by atoms with Crippen LogP contribution in [-0.4, -0.2) is 17.0 Å². The van der Waals surface area contributed by atoms with Gasteiger partial charge in [0.1, 0.15) is 5.75 Å². The first-order valence-electron chi connectivity index (χ1n) is 6.31. The molecule has 0 fully saturated rings. The number of allylic oxidation sites excluding steroid dienone is 1. The standard InChI is InChI=1S/C15H18O4/c1-3-5-15(18)19-13-8-6-12(7-9-13)11(4-2)10-14(16)17/h6-10H,3-5H2,1-2H3,(H,16,17). The fourth-order valence-corrected chi connectivity index (χ4v) is 1.66. The van der Waals surface area contributed by atoms with Gasteiger partial charge in [-0.2, -0.15) is 0 Å². The molecule has 1 aromatic rings. The lowest BCUT2D eigenvalue weighted by molar-refractivity contribution is -0.134. The minimum Gasteiger partial charge on any atom is -0.478 e. The molecule has 0 bridgehead atoms. The zero-order valence-corrected chi connectivity index (χ0v) is 11.2. The zero-order valence-electron chi connectivity index (χ0n) is 11.2. The summed E-state index contributed by atoms with van der Waals surface area (Å²) >= 11 is 0. The van der Waals surface area contributed by atoms with Crippen LogP contribution >= 0.6 is 0 Å². The van der Waals surface area contributed by atoms with Crippen LogP contribution in [0.2, 0.25) is 0 Å². The Morgan fingerprint density at radius 2 is 1.84 bits per heavy atom. The molecule has 0 unspecified atom stereocenters. The number of carbonyl (C=O) groups is 2. The summed E-state index contributed by atoms with van der Waals surface area (Å²) in [6, 6.07) is 6.86. The first-order valence-corrected chi connectivity index (χ1v) is 6.31. The van der Waals surface area contributed by atoms with E-state index in [-0.39, 0.29) is 5.97 Å². The molecule has 19 heavy (non-hydrogen) atoms. The Morgan fingerprint density at radius 1 is 1.21 bits per heavy atom. The summed E-state index contributed by atoms with van der Waals surface area (Å²) in [5, 5.41) is 8.76. The van der Waals surface area contributed by atoms with Crippen molar-refractivity contribution >= 4 is 17.5 Å². The predicted octanol–water partition coefficient (Wildman–Crippen LogP) is 3.27. The molecule has 0 radical (unpaired) electrons. The molecular weight excluding hydrogens is 244 g/mol. The summed E-state index contributed by atoms with van der Waals surface area (Å²) in [6.07, 6.45) is 2.96. The van der Waals surface area contributed by atoms with Gasteiger partial charge in [-0.15, -0.1) is 0 Å². The zero-order chi connectivity index (χ0) is 14.3. The van der Waals surface area contributed by atoms with Gasteiger partial charge < -0.3 is 9.84 Å². The van der Waals surface area contributed by atoms with Crippen molar-refractivity contribution in [3.63, 3.8) is 0 Å². The third kappa shape index (κ3) is 4.95. The lowest BCUT2D eigenvalue weighted by Gasteiger charge is -2.06. The van der Waals surface area contributed by atoms with Gasteiger partial charge >= 0.3 is 11.9 Å². The highest BCUT2D eigenvalue weighted by Gasteiger charge is 2.05. The third-order valence-corrected chi connectivity index (χ3v) is 2.59. The lowest BCUT2D eigenvalue weighted by atomic mass is 10.0. The van der Waals surface area contributed by atoms with Gasteiger partial charge in [0.15, 0.2) is 0 Å². The number of ether oxygens (including phenoxy) is 1. The molecule has 0 atom stereocenters. The van der Waals surface area contributed by atoms with Gasteiger partial charge in [-0.1, -0.05) is 26.0 Å². The van der Waals surface area contributed by atoms with Crippen molar-refractivity contribution in [3.05, 3.63) is 35.9 Å². The summed E-state index contributed by atoms with van der Waals surface area (Å²) in [4.78, 5) is 22.0. The number of esters is 1. The van der Waals surface area contributed by atoms with Crippen molar-refractivity contribution in [2.24, 2.45) is 0 Å². The van der Waals surface area contributed by atoms with Crippen LogP contribution in [0.5, 0.6) is 5.75 Å². The fourth-order valence-electron chi connectivity index (χ4n) is 1.66. The van der Waals surface area contributed by atoms with E-state index in [0.717, 1.165) is 17.6 Å². The molecule has 1 rings (SSSR count). The summed E-state index contributed by atoms with van der Waals surface area (Å²) < 4.78 is 5.13. The van der Waals surface area contributed by atoms with Crippen LogP contribution in [0.3, 0.4) is 0 Å². The van der Waals surface area contributed by atoms with Crippen molar-refractivity contribution in [1.82, 2.24) is 0 Å². The quantitative estimate of drug-likeness (QED) is 0.485. The van der Waals surface area contributed by atoms with Crippen LogP contribution in [0, 0.1) is 0 Å². The maximum Gasteiger partial charge on any atom is 0.328 e. The first-order chi connectivity index (χ1) is 9.06. The topological polar surface area (TPSA) is 63.6 Å². The molecule has 0 saturated heterocycles. The molecule has 4 heteroatoms. The molecule has 0 amide bonds. The Balaban J connectivity index is 2.81. The minimum absolute atomic E-state index is 0.257. The molecule has 0 aliphatic carbocycles. The number of hydrogen-bond acceptors (Lipinski definition) is 3. The van der Waals surface area contributed by atoms with Crippen LogP contribution in [-0.2, 0) is 9.59 Å². The van der Waals surface area contributed by atoms with E-state index in [4.69, 9.17) is 9.84 Å². The Morgan fingerprint density at radius 3 is 2.32 bits per heavy atom. The molecule has 0 aromatic heterocycles. The van der Waals surface area contributed by atoms with Crippen LogP contribution in [0.15, 0.2) is 30.3 Å². The highest BCUT2D eigenvalue weighted by molar-refractivity contribution is 5.90. The van der Waals surface area contributed by atoms with Gasteiger partial charge in [0.05, 0.1) is 0 Å². The van der Waals surface area contributed by atoms with Crippen LogP contribution in [0.4, 0.5) is 0 Å². The van der Waals surface area contributed by atoms with Gasteiger partial charge in [-0.3, -0.25) is 4.79 Å². The molecule has 4 nitrogen and oxygen atoms in total. The average molecular weight is 262 g/mol. The van der Waals surface area contributed by atoms with Crippen LogP contribution in [0.1, 0.15) is 38.7 Å². The summed E-state index contributed by atoms with van der Waals surface area (Å²) in [6.45, 7) is 3.80. The van der Waals surface area contributed by atoms with E-state index in [0.29, 0.717) is 18.6 Å². The number of carboxylic acid groups (broad SMARTS) is 1.